The maximum absolute atomic E-state index is 13.2. The molecule has 0 fully saturated rings. The van der Waals surface area contributed by atoms with Crippen LogP contribution in [0.3, 0.4) is 0 Å². The predicted molar refractivity (Wildman–Crippen MR) is 43.2 cm³/mol. The van der Waals surface area contributed by atoms with Crippen LogP contribution >= 0.6 is 0 Å². The number of aliphatic hydroxyl groups excluding tert-OH is 2. The Balaban J connectivity index is 3.72. The molecule has 0 atom stereocenters. The van der Waals surface area contributed by atoms with Gasteiger partial charge in [-0.25, -0.2) is 13.2 Å². The lowest BCUT2D eigenvalue weighted by molar-refractivity contribution is -0.142. The Morgan fingerprint density at radius 3 is 1.35 bits per heavy atom. The Morgan fingerprint density at radius 2 is 1.12 bits per heavy atom. The second kappa shape index (κ2) is 4.53. The second-order valence-corrected chi connectivity index (χ2v) is 3.09. The van der Waals surface area contributed by atoms with E-state index in [2.05, 4.69) is 0 Å². The van der Waals surface area contributed by atoms with Crippen LogP contribution in [0.4, 0.5) is 26.3 Å². The molecule has 0 saturated carbocycles. The third-order valence-corrected chi connectivity index (χ3v) is 2.10. The largest absolute Gasteiger partial charge is 0.422 e. The highest BCUT2D eigenvalue weighted by molar-refractivity contribution is 5.36. The molecule has 17 heavy (non-hydrogen) atoms. The quantitative estimate of drug-likeness (QED) is 0.799. The molecule has 0 aromatic heterocycles. The Kier molecular flexibility index (Phi) is 3.68. The van der Waals surface area contributed by atoms with Gasteiger partial charge in [-0.3, -0.25) is 0 Å². The van der Waals surface area contributed by atoms with Gasteiger partial charge in [0.25, 0.3) is 0 Å². The van der Waals surface area contributed by atoms with Crippen molar-refractivity contribution in [2.75, 3.05) is 0 Å². The average molecular weight is 260 g/mol. The van der Waals surface area contributed by atoms with Gasteiger partial charge in [-0.15, -0.1) is 0 Å². The first-order valence-electron chi connectivity index (χ1n) is 4.22. The molecule has 0 radical (unpaired) electrons. The van der Waals surface area contributed by atoms with Gasteiger partial charge in [0, 0.05) is 0 Å². The minimum atomic E-state index is -5.39. The zero-order valence-electron chi connectivity index (χ0n) is 8.08. The van der Waals surface area contributed by atoms with Crippen molar-refractivity contribution in [3.63, 3.8) is 0 Å². The van der Waals surface area contributed by atoms with Crippen LogP contribution in [-0.4, -0.2) is 10.2 Å². The number of hydrogen-bond donors (Lipinski definition) is 2. The Bertz CT molecular complexity index is 409. The summed E-state index contributed by atoms with van der Waals surface area (Å²) in [5, 5.41) is 17.1. The third-order valence-electron chi connectivity index (χ3n) is 2.10. The number of benzene rings is 1. The van der Waals surface area contributed by atoms with E-state index in [1.807, 2.05) is 0 Å². The summed E-state index contributed by atoms with van der Waals surface area (Å²) in [6.45, 7) is -2.76. The molecule has 0 aliphatic heterocycles. The van der Waals surface area contributed by atoms with Crippen molar-refractivity contribution in [2.45, 2.75) is 19.4 Å². The van der Waals surface area contributed by atoms with Crippen LogP contribution in [-0.2, 0) is 19.4 Å². The Morgan fingerprint density at radius 1 is 0.765 bits per heavy atom. The van der Waals surface area contributed by atoms with E-state index >= 15 is 0 Å². The van der Waals surface area contributed by atoms with E-state index in [0.717, 1.165) is 0 Å². The monoisotopic (exact) mass is 260 g/mol. The zero-order chi connectivity index (χ0) is 13.4. The normalized spacial score (nSPS) is 12.0. The van der Waals surface area contributed by atoms with E-state index in [4.69, 9.17) is 10.2 Å². The fourth-order valence-electron chi connectivity index (χ4n) is 1.30. The molecule has 0 aliphatic rings. The topological polar surface area (TPSA) is 40.5 Å². The Labute approximate surface area is 91.1 Å². The smallest absolute Gasteiger partial charge is 0.391 e. The molecule has 0 aliphatic carbocycles. The van der Waals surface area contributed by atoms with Crippen molar-refractivity contribution >= 4 is 0 Å². The maximum atomic E-state index is 13.2. The van der Waals surface area contributed by atoms with Crippen molar-refractivity contribution < 1.29 is 36.6 Å². The standard InChI is InChI=1S/C9H6F6O2/c10-6-3(1-16)7(11)5(9(13,14)15)8(12)4(6)2-17/h16-17H,1-2H2. The first-order chi connectivity index (χ1) is 7.75. The van der Waals surface area contributed by atoms with Crippen molar-refractivity contribution in [3.05, 3.63) is 34.1 Å². The van der Waals surface area contributed by atoms with E-state index in [9.17, 15) is 26.3 Å². The average Bonchev–Trinajstić information content (AvgIpc) is 2.16. The van der Waals surface area contributed by atoms with Crippen molar-refractivity contribution in [1.29, 1.82) is 0 Å². The van der Waals surface area contributed by atoms with E-state index in [1.165, 1.54) is 0 Å². The van der Waals surface area contributed by atoms with E-state index in [0.29, 0.717) is 0 Å². The molecule has 1 rings (SSSR count). The number of hydrogen-bond acceptors (Lipinski definition) is 2. The van der Waals surface area contributed by atoms with Crippen LogP contribution in [0.1, 0.15) is 16.7 Å². The lowest BCUT2D eigenvalue weighted by Crippen LogP contribution is -2.17. The second-order valence-electron chi connectivity index (χ2n) is 3.09. The van der Waals surface area contributed by atoms with Gasteiger partial charge in [0.2, 0.25) is 0 Å². The SMILES string of the molecule is OCc1c(F)c(CO)c(F)c(C(F)(F)F)c1F. The summed E-state index contributed by atoms with van der Waals surface area (Å²) in [7, 11) is 0. The number of aliphatic hydroxyl groups is 2. The molecular weight excluding hydrogens is 254 g/mol. The highest BCUT2D eigenvalue weighted by atomic mass is 19.4. The van der Waals surface area contributed by atoms with Crippen LogP contribution in [0.2, 0.25) is 0 Å². The summed E-state index contributed by atoms with van der Waals surface area (Å²) in [6.07, 6.45) is -5.39. The summed E-state index contributed by atoms with van der Waals surface area (Å²) in [6, 6.07) is 0. The van der Waals surface area contributed by atoms with Gasteiger partial charge in [-0.05, 0) is 0 Å². The first-order valence-corrected chi connectivity index (χ1v) is 4.22. The van der Waals surface area contributed by atoms with Gasteiger partial charge in [0.05, 0.1) is 24.3 Å². The number of rotatable bonds is 2. The van der Waals surface area contributed by atoms with Crippen molar-refractivity contribution in [2.24, 2.45) is 0 Å². The highest BCUT2D eigenvalue weighted by Gasteiger charge is 2.41. The summed E-state index contributed by atoms with van der Waals surface area (Å²) < 4.78 is 76.5. The van der Waals surface area contributed by atoms with E-state index in [1.54, 1.807) is 0 Å². The molecule has 0 bridgehead atoms. The first kappa shape index (κ1) is 13.8. The van der Waals surface area contributed by atoms with Crippen LogP contribution in [0.5, 0.6) is 0 Å². The van der Waals surface area contributed by atoms with E-state index in [-0.39, 0.29) is 0 Å². The lowest BCUT2D eigenvalue weighted by atomic mass is 10.0. The van der Waals surface area contributed by atoms with Crippen LogP contribution < -0.4 is 0 Å². The lowest BCUT2D eigenvalue weighted by Gasteiger charge is -2.15. The van der Waals surface area contributed by atoms with Gasteiger partial charge >= 0.3 is 6.18 Å². The van der Waals surface area contributed by atoms with E-state index < -0.39 is 53.5 Å². The number of alkyl halides is 3. The molecule has 2 nitrogen and oxygen atoms in total. The molecular formula is C9H6F6O2. The molecule has 1 aromatic carbocycles. The minimum absolute atomic E-state index is 1.33. The zero-order valence-corrected chi connectivity index (χ0v) is 8.08. The highest BCUT2D eigenvalue weighted by Crippen LogP contribution is 2.37. The summed E-state index contributed by atoms with van der Waals surface area (Å²) >= 11 is 0. The maximum Gasteiger partial charge on any atom is 0.422 e. The Hall–Kier alpha value is -1.28. The number of halogens is 6. The molecule has 96 valence electrons. The van der Waals surface area contributed by atoms with Crippen molar-refractivity contribution in [3.8, 4) is 0 Å². The van der Waals surface area contributed by atoms with Gasteiger partial charge in [-0.1, -0.05) is 0 Å². The van der Waals surface area contributed by atoms with Gasteiger partial charge in [-0.2, -0.15) is 13.2 Å². The molecule has 0 saturated heterocycles. The molecule has 8 heteroatoms. The molecule has 2 N–H and O–H groups in total. The molecule has 0 unspecified atom stereocenters. The van der Waals surface area contributed by atoms with Crippen molar-refractivity contribution in [1.82, 2.24) is 0 Å². The minimum Gasteiger partial charge on any atom is -0.391 e. The van der Waals surface area contributed by atoms with Gasteiger partial charge in [0.1, 0.15) is 23.0 Å². The molecule has 0 amide bonds. The molecule has 0 spiro atoms. The van der Waals surface area contributed by atoms with Gasteiger partial charge < -0.3 is 10.2 Å². The fourth-order valence-corrected chi connectivity index (χ4v) is 1.30. The summed E-state index contributed by atoms with van der Waals surface area (Å²) in [4.78, 5) is 0. The summed E-state index contributed by atoms with van der Waals surface area (Å²) in [5.74, 6) is -6.16. The molecule has 1 aromatic rings. The molecule has 0 heterocycles. The predicted octanol–water partition coefficient (Wildman–Crippen LogP) is 2.11. The third kappa shape index (κ3) is 2.22. The van der Waals surface area contributed by atoms with Gasteiger partial charge in [0.15, 0.2) is 0 Å². The summed E-state index contributed by atoms with van der Waals surface area (Å²) in [5.41, 5.74) is -4.99. The van der Waals surface area contributed by atoms with Crippen LogP contribution in [0.25, 0.3) is 0 Å². The van der Waals surface area contributed by atoms with Crippen LogP contribution in [0.15, 0.2) is 0 Å². The van der Waals surface area contributed by atoms with Crippen LogP contribution in [0, 0.1) is 17.5 Å². The fraction of sp³-hybridized carbons (Fsp3) is 0.333.